The molecule has 5 rings (SSSR count). The summed E-state index contributed by atoms with van der Waals surface area (Å²) in [7, 11) is 0. The number of aliphatic hydroxyl groups excluding tert-OH is 2. The molecule has 0 aliphatic rings. The Morgan fingerprint density at radius 2 is 1.22 bits per heavy atom. The van der Waals surface area contributed by atoms with Crippen LogP contribution in [-0.4, -0.2) is 68.3 Å². The van der Waals surface area contributed by atoms with E-state index in [2.05, 4.69) is 25.9 Å². The number of benzene rings is 3. The maximum atomic E-state index is 13.9. The minimum Gasteiger partial charge on any atom is -0.394 e. The Balaban J connectivity index is 1.25. The van der Waals surface area contributed by atoms with Crippen LogP contribution in [0.3, 0.4) is 0 Å². The molecule has 0 aliphatic heterocycles. The summed E-state index contributed by atoms with van der Waals surface area (Å²) in [6.45, 7) is -0.436. The van der Waals surface area contributed by atoms with Crippen LogP contribution < -0.4 is 21.0 Å². The number of nitrogens with zero attached hydrogens (tertiary/aromatic N) is 3. The average molecular weight is 693 g/mol. The number of hydroxylamine groups is 1. The second-order valence-corrected chi connectivity index (χ2v) is 12.0. The van der Waals surface area contributed by atoms with E-state index in [9.17, 15) is 29.5 Å². The monoisotopic (exact) mass is 692 g/mol. The van der Waals surface area contributed by atoms with Crippen LogP contribution in [0, 0.1) is 0 Å². The van der Waals surface area contributed by atoms with Crippen molar-refractivity contribution in [3.8, 4) is 0 Å². The van der Waals surface area contributed by atoms with Crippen molar-refractivity contribution >= 4 is 62.5 Å². The van der Waals surface area contributed by atoms with Crippen molar-refractivity contribution in [3.05, 3.63) is 103 Å². The topological polar surface area (TPSA) is 194 Å². The first-order valence-corrected chi connectivity index (χ1v) is 16.7. The maximum absolute atomic E-state index is 13.9. The van der Waals surface area contributed by atoms with Crippen LogP contribution in [0.4, 0.5) is 17.1 Å². The molecule has 0 aliphatic carbocycles. The van der Waals surface area contributed by atoms with Gasteiger partial charge in [0.1, 0.15) is 5.92 Å². The van der Waals surface area contributed by atoms with Crippen LogP contribution in [0.2, 0.25) is 0 Å². The van der Waals surface area contributed by atoms with Crippen molar-refractivity contribution in [1.82, 2.24) is 15.3 Å². The van der Waals surface area contributed by atoms with Gasteiger partial charge in [-0.2, -0.15) is 5.06 Å². The number of aliphatic hydroxyl groups is 2. The highest BCUT2D eigenvalue weighted by Crippen LogP contribution is 2.28. The van der Waals surface area contributed by atoms with Crippen molar-refractivity contribution in [1.29, 1.82) is 0 Å². The predicted octanol–water partition coefficient (Wildman–Crippen LogP) is 4.68. The Morgan fingerprint density at radius 1 is 0.686 bits per heavy atom. The second-order valence-electron chi connectivity index (χ2n) is 12.0. The van der Waals surface area contributed by atoms with E-state index in [1.165, 1.54) is 24.3 Å². The highest BCUT2D eigenvalue weighted by Gasteiger charge is 2.30. The van der Waals surface area contributed by atoms with Crippen molar-refractivity contribution in [2.75, 3.05) is 28.8 Å². The number of hydrogen-bond acceptors (Lipinski definition) is 9. The number of nitrogens with one attached hydrogen (secondary N) is 3. The van der Waals surface area contributed by atoms with Crippen molar-refractivity contribution in [2.45, 2.75) is 50.5 Å². The number of anilines is 3. The van der Waals surface area contributed by atoms with E-state index < -0.39 is 36.4 Å². The summed E-state index contributed by atoms with van der Waals surface area (Å²) in [5.41, 5.74) is 2.50. The van der Waals surface area contributed by atoms with Crippen LogP contribution in [0.25, 0.3) is 21.8 Å². The largest absolute Gasteiger partial charge is 0.394 e. The Labute approximate surface area is 294 Å². The number of amides is 4. The van der Waals surface area contributed by atoms with Gasteiger partial charge in [-0.05, 0) is 54.8 Å². The third kappa shape index (κ3) is 9.69. The highest BCUT2D eigenvalue weighted by molar-refractivity contribution is 6.17. The number of carbonyl (C=O) groups is 4. The number of unbranched alkanes of at least 4 members (excludes halogenated alkanes) is 3. The van der Waals surface area contributed by atoms with Crippen molar-refractivity contribution in [3.63, 3.8) is 0 Å². The third-order valence-electron chi connectivity index (χ3n) is 8.30. The van der Waals surface area contributed by atoms with E-state index in [0.29, 0.717) is 58.7 Å². The van der Waals surface area contributed by atoms with Gasteiger partial charge >= 0.3 is 0 Å². The Bertz CT molecular complexity index is 1880. The number of hydrogen-bond donors (Lipinski definition) is 6. The smallest absolute Gasteiger partial charge is 0.250 e. The molecule has 2 aromatic heterocycles. The zero-order chi connectivity index (χ0) is 36.2. The quantitative estimate of drug-likeness (QED) is 0.0369. The molecule has 3 aromatic carbocycles. The van der Waals surface area contributed by atoms with Gasteiger partial charge in [0, 0.05) is 42.6 Å². The highest BCUT2D eigenvalue weighted by atomic mass is 16.5. The average Bonchev–Trinajstić information content (AvgIpc) is 3.15. The first-order chi connectivity index (χ1) is 24.7. The van der Waals surface area contributed by atoms with E-state index in [1.54, 1.807) is 48.8 Å². The fourth-order valence-electron chi connectivity index (χ4n) is 5.60. The van der Waals surface area contributed by atoms with E-state index in [0.717, 1.165) is 10.8 Å². The minimum absolute atomic E-state index is 0.0101. The summed E-state index contributed by atoms with van der Waals surface area (Å²) < 4.78 is 0. The molecule has 51 heavy (non-hydrogen) atoms. The van der Waals surface area contributed by atoms with E-state index >= 15 is 0 Å². The van der Waals surface area contributed by atoms with Gasteiger partial charge < -0.3 is 26.2 Å². The zero-order valence-corrected chi connectivity index (χ0v) is 27.9. The Morgan fingerprint density at radius 3 is 1.76 bits per heavy atom. The number of rotatable bonds is 16. The fourth-order valence-corrected chi connectivity index (χ4v) is 5.60. The minimum atomic E-state index is -1.33. The Hall–Kier alpha value is -5.76. The van der Waals surface area contributed by atoms with E-state index in [1.807, 2.05) is 24.3 Å². The number of aromatic nitrogens is 2. The number of pyridine rings is 2. The fraction of sp³-hybridized carbons (Fsp3) is 0.263. The molecule has 1 unspecified atom stereocenters. The Kier molecular flexibility index (Phi) is 12.7. The van der Waals surface area contributed by atoms with Crippen LogP contribution >= 0.6 is 0 Å². The normalized spacial score (nSPS) is 11.7. The first kappa shape index (κ1) is 36.5. The molecular formula is C38H40N6O7. The lowest BCUT2D eigenvalue weighted by Crippen LogP contribution is -2.33. The van der Waals surface area contributed by atoms with Crippen LogP contribution in [0.15, 0.2) is 97.3 Å². The molecule has 0 saturated carbocycles. The van der Waals surface area contributed by atoms with Crippen LogP contribution in [-0.2, 0) is 19.2 Å². The molecule has 0 spiro atoms. The van der Waals surface area contributed by atoms with Crippen LogP contribution in [0.5, 0.6) is 0 Å². The van der Waals surface area contributed by atoms with Crippen LogP contribution in [0.1, 0.15) is 50.0 Å². The molecule has 5 aromatic rings. The molecule has 13 nitrogen and oxygen atoms in total. The summed E-state index contributed by atoms with van der Waals surface area (Å²) in [5, 5.41) is 39.2. The zero-order valence-electron chi connectivity index (χ0n) is 27.9. The van der Waals surface area contributed by atoms with Crippen molar-refractivity contribution < 1.29 is 34.6 Å². The number of fused-ring (bicyclic) bond motifs is 2. The third-order valence-corrected chi connectivity index (χ3v) is 8.30. The van der Waals surface area contributed by atoms with Gasteiger partial charge in [0.15, 0.2) is 0 Å². The van der Waals surface area contributed by atoms with E-state index in [-0.39, 0.29) is 31.0 Å². The summed E-state index contributed by atoms with van der Waals surface area (Å²) in [4.78, 5) is 61.2. The van der Waals surface area contributed by atoms with Gasteiger partial charge in [0.2, 0.25) is 17.7 Å². The maximum Gasteiger partial charge on any atom is 0.250 e. The lowest BCUT2D eigenvalue weighted by atomic mass is 9.96. The molecule has 1 atom stereocenters. The molecule has 0 saturated heterocycles. The van der Waals surface area contributed by atoms with E-state index in [4.69, 9.17) is 5.11 Å². The molecule has 2 heterocycles. The second kappa shape index (κ2) is 17.8. The van der Waals surface area contributed by atoms with Crippen molar-refractivity contribution in [2.24, 2.45) is 0 Å². The standard InChI is InChI=1S/C38H40N6O7/c45-24-29(46)23-41-32(47)15-3-1-2-4-16-33(48)44(51)28-19-17-25(18-20-28)34(37(49)42-30-13-5-9-26-11-7-21-39-35(26)30)38(50)43-31-14-6-10-27-12-8-22-40-36(27)31/h5-14,17-22,29,34,45-46,51H,1-4,15-16,23-24H2,(H,41,47)(H,42,49)(H,43,50). The SMILES string of the molecule is O=C(CCCCCCC(=O)N(O)c1ccc(C(C(=O)Nc2cccc3cccnc23)C(=O)Nc2cccc3cccnc23)cc1)NCC(O)CO. The lowest BCUT2D eigenvalue weighted by molar-refractivity contribution is -0.126. The molecule has 0 fully saturated rings. The number of carbonyl (C=O) groups excluding carboxylic acids is 4. The van der Waals surface area contributed by atoms with Gasteiger partial charge in [-0.25, -0.2) is 0 Å². The molecule has 4 amide bonds. The van der Waals surface area contributed by atoms with Gasteiger partial charge in [0.25, 0.3) is 5.91 Å². The molecule has 264 valence electrons. The lowest BCUT2D eigenvalue weighted by Gasteiger charge is -2.20. The molecular weight excluding hydrogens is 652 g/mol. The summed E-state index contributed by atoms with van der Waals surface area (Å²) in [6.07, 6.45) is 5.02. The summed E-state index contributed by atoms with van der Waals surface area (Å²) in [5.74, 6) is -3.30. The van der Waals surface area contributed by atoms with Gasteiger partial charge in [-0.1, -0.05) is 61.4 Å². The summed E-state index contributed by atoms with van der Waals surface area (Å²) >= 11 is 0. The van der Waals surface area contributed by atoms with Gasteiger partial charge in [-0.15, -0.1) is 0 Å². The summed E-state index contributed by atoms with van der Waals surface area (Å²) in [6, 6.07) is 24.0. The molecule has 0 bridgehead atoms. The predicted molar refractivity (Wildman–Crippen MR) is 193 cm³/mol. The van der Waals surface area contributed by atoms with Gasteiger partial charge in [-0.3, -0.25) is 34.4 Å². The molecule has 13 heteroatoms. The van der Waals surface area contributed by atoms with Gasteiger partial charge in [0.05, 0.1) is 40.8 Å². The number of para-hydroxylation sites is 2. The molecule has 6 N–H and O–H groups in total. The molecule has 0 radical (unpaired) electrons. The first-order valence-electron chi connectivity index (χ1n) is 16.7.